The van der Waals surface area contributed by atoms with Gasteiger partial charge in [-0.05, 0) is 23.0 Å². The summed E-state index contributed by atoms with van der Waals surface area (Å²) < 4.78 is 35.4. The van der Waals surface area contributed by atoms with Crippen LogP contribution < -0.4 is 0 Å². The summed E-state index contributed by atoms with van der Waals surface area (Å²) in [7, 11) is -5.17. The number of thioether (sulfide) groups is 4. The zero-order chi connectivity index (χ0) is 32.1. The van der Waals surface area contributed by atoms with Gasteiger partial charge in [0.15, 0.2) is 0 Å². The van der Waals surface area contributed by atoms with Crippen molar-refractivity contribution in [3.8, 4) is 0 Å². The van der Waals surface area contributed by atoms with Gasteiger partial charge < -0.3 is 20.1 Å². The standard InChI is InChI=1S/2C16H25S2.H2O4S.2H2O.2Pd/c2*1-15(2,3)17-11-13-8-7-9-14(10-13)12-18-16(4,5)6;1-5(2,3)4;;;;/h2*7-9H,11-12H2,1-6H3;(H2,1,2,3,4);2*1H2;;/q2*-1;;;;2*+2/p-2. The molecule has 0 unspecified atom stereocenters. The Kier molecular flexibility index (Phi) is 30.7. The number of hydrogen-bond acceptors (Lipinski definition) is 8. The third-order valence-corrected chi connectivity index (χ3v) is 9.76. The van der Waals surface area contributed by atoms with Crippen LogP contribution in [0.1, 0.15) is 105 Å². The molecule has 0 aliphatic heterocycles. The van der Waals surface area contributed by atoms with Crippen LogP contribution in [0, 0.1) is 12.1 Å². The van der Waals surface area contributed by atoms with Crippen molar-refractivity contribution in [2.24, 2.45) is 0 Å². The summed E-state index contributed by atoms with van der Waals surface area (Å²) in [5.41, 5.74) is 5.28. The molecule has 0 radical (unpaired) electrons. The maximum absolute atomic E-state index is 8.52. The molecule has 0 aliphatic carbocycles. The van der Waals surface area contributed by atoms with E-state index >= 15 is 0 Å². The fourth-order valence-electron chi connectivity index (χ4n) is 2.65. The Morgan fingerprint density at radius 2 is 0.667 bits per heavy atom. The molecule has 0 saturated heterocycles. The molecular weight excluding hydrogens is 854 g/mol. The van der Waals surface area contributed by atoms with E-state index in [0.717, 1.165) is 23.0 Å². The van der Waals surface area contributed by atoms with E-state index in [1.807, 2.05) is 47.0 Å². The van der Waals surface area contributed by atoms with Gasteiger partial charge in [0.05, 0.1) is 0 Å². The smallest absolute Gasteiger partial charge is 0.759 e. The third-order valence-electron chi connectivity index (χ3n) is 4.47. The van der Waals surface area contributed by atoms with Crippen molar-refractivity contribution >= 4 is 57.4 Å². The summed E-state index contributed by atoms with van der Waals surface area (Å²) in [5, 5.41) is 0. The van der Waals surface area contributed by atoms with Gasteiger partial charge in [0.25, 0.3) is 0 Å². The van der Waals surface area contributed by atoms with E-state index in [1.165, 1.54) is 22.3 Å². The summed E-state index contributed by atoms with van der Waals surface area (Å²) in [4.78, 5) is 0. The van der Waals surface area contributed by atoms with E-state index < -0.39 is 10.4 Å². The molecule has 0 aromatic heterocycles. The Labute approximate surface area is 319 Å². The monoisotopic (exact) mass is 906 g/mol. The van der Waals surface area contributed by atoms with Crippen molar-refractivity contribution in [2.45, 2.75) is 125 Å². The Morgan fingerprint density at radius 1 is 0.511 bits per heavy atom. The van der Waals surface area contributed by atoms with Crippen molar-refractivity contribution in [1.82, 2.24) is 0 Å². The molecule has 0 heterocycles. The number of benzene rings is 2. The van der Waals surface area contributed by atoms with E-state index in [2.05, 4.69) is 132 Å². The molecule has 2 aromatic rings. The van der Waals surface area contributed by atoms with Gasteiger partial charge in [-0.15, -0.1) is 0 Å². The van der Waals surface area contributed by atoms with E-state index in [4.69, 9.17) is 17.5 Å². The molecule has 0 spiro atoms. The molecule has 4 N–H and O–H groups in total. The Balaban J connectivity index is -0.000000191. The maximum atomic E-state index is 8.52. The summed E-state index contributed by atoms with van der Waals surface area (Å²) in [6, 6.07) is 20.2. The summed E-state index contributed by atoms with van der Waals surface area (Å²) in [5.74, 6) is 4.21. The van der Waals surface area contributed by atoms with Crippen molar-refractivity contribution in [2.75, 3.05) is 0 Å². The van der Waals surface area contributed by atoms with Gasteiger partial charge in [0.1, 0.15) is 0 Å². The molecule has 0 atom stereocenters. The molecule has 6 nitrogen and oxygen atoms in total. The molecule has 0 saturated carbocycles. The van der Waals surface area contributed by atoms with Gasteiger partial charge in [-0.25, -0.2) is 0 Å². The summed E-state index contributed by atoms with van der Waals surface area (Å²) >= 11 is 7.92. The molecule has 0 amide bonds. The quantitative estimate of drug-likeness (QED) is 0.112. The summed E-state index contributed by atoms with van der Waals surface area (Å²) in [6.45, 7) is 27.1. The van der Waals surface area contributed by atoms with Gasteiger partial charge in [-0.1, -0.05) is 83.1 Å². The minimum atomic E-state index is -5.17. The van der Waals surface area contributed by atoms with Crippen molar-refractivity contribution in [3.05, 3.63) is 70.8 Å². The average Bonchev–Trinajstić information content (AvgIpc) is 2.77. The van der Waals surface area contributed by atoms with E-state index in [1.54, 1.807) is 0 Å². The van der Waals surface area contributed by atoms with Crippen molar-refractivity contribution in [1.29, 1.82) is 0 Å². The van der Waals surface area contributed by atoms with Crippen LogP contribution in [0.15, 0.2) is 36.4 Å². The van der Waals surface area contributed by atoms with Crippen LogP contribution in [0.5, 0.6) is 0 Å². The van der Waals surface area contributed by atoms with Crippen molar-refractivity contribution < 1.29 is 69.3 Å². The van der Waals surface area contributed by atoms with Crippen LogP contribution >= 0.6 is 47.0 Å². The van der Waals surface area contributed by atoms with Gasteiger partial charge >= 0.3 is 40.8 Å². The molecule has 2 aromatic carbocycles. The molecule has 0 bridgehead atoms. The molecular formula is C32H54O6Pd2S5. The van der Waals surface area contributed by atoms with Crippen LogP contribution in [0.4, 0.5) is 0 Å². The van der Waals surface area contributed by atoms with Crippen LogP contribution in [-0.4, -0.2) is 47.5 Å². The fraction of sp³-hybridized carbons (Fsp3) is 0.625. The zero-order valence-electron chi connectivity index (χ0n) is 28.6. The molecule has 45 heavy (non-hydrogen) atoms. The van der Waals surface area contributed by atoms with Gasteiger partial charge in [-0.2, -0.15) is 118 Å². The second kappa shape index (κ2) is 25.0. The zero-order valence-corrected chi connectivity index (χ0v) is 35.8. The third kappa shape index (κ3) is 41.0. The predicted octanol–water partition coefficient (Wildman–Crippen LogP) is 8.11. The van der Waals surface area contributed by atoms with Crippen LogP contribution in [0.2, 0.25) is 0 Å². The van der Waals surface area contributed by atoms with Gasteiger partial charge in [0.2, 0.25) is 0 Å². The number of rotatable bonds is 8. The first-order chi connectivity index (χ1) is 18.3. The maximum Gasteiger partial charge on any atom is 2.00 e. The minimum Gasteiger partial charge on any atom is -0.759 e. The normalized spacial score (nSPS) is 11.5. The van der Waals surface area contributed by atoms with E-state index in [-0.39, 0.29) is 51.8 Å². The topological polar surface area (TPSA) is 143 Å². The van der Waals surface area contributed by atoms with Gasteiger partial charge in [0, 0.05) is 29.4 Å². The first-order valence-electron chi connectivity index (χ1n) is 13.5. The van der Waals surface area contributed by atoms with Crippen LogP contribution in [0.25, 0.3) is 0 Å². The Hall–Kier alpha value is 0.955. The molecule has 0 aliphatic rings. The minimum absolute atomic E-state index is 0. The van der Waals surface area contributed by atoms with Gasteiger partial charge in [-0.3, -0.25) is 8.42 Å². The average molecular weight is 908 g/mol. The predicted molar refractivity (Wildman–Crippen MR) is 192 cm³/mol. The van der Waals surface area contributed by atoms with Crippen LogP contribution in [-0.2, 0) is 74.3 Å². The first kappa shape index (κ1) is 55.4. The fourth-order valence-corrected chi connectivity index (χ4v) is 5.68. The Bertz CT molecular complexity index is 988. The largest absolute Gasteiger partial charge is 2.00 e. The molecule has 268 valence electrons. The van der Waals surface area contributed by atoms with E-state index in [9.17, 15) is 0 Å². The Morgan fingerprint density at radius 3 is 0.800 bits per heavy atom. The first-order valence-corrected chi connectivity index (χ1v) is 18.8. The van der Waals surface area contributed by atoms with Crippen LogP contribution in [0.3, 0.4) is 0 Å². The SMILES string of the molecule is CC(C)(C)SCc1[c-]c(CSC(C)(C)C)ccc1.CC(C)(C)SCc1[c-]c(CSC(C)(C)C)ccc1.O.O.O=S(=O)([O-])[O-].[Pd+2].[Pd+2]. The molecule has 0 fully saturated rings. The number of hydrogen-bond donors (Lipinski definition) is 0. The van der Waals surface area contributed by atoms with Crippen molar-refractivity contribution in [3.63, 3.8) is 0 Å². The summed E-state index contributed by atoms with van der Waals surface area (Å²) in [6.07, 6.45) is 0. The second-order valence-electron chi connectivity index (χ2n) is 13.4. The second-order valence-corrected chi connectivity index (χ2v) is 21.4. The molecule has 2 rings (SSSR count). The molecule has 13 heteroatoms. The van der Waals surface area contributed by atoms with E-state index in [0.29, 0.717) is 19.0 Å².